The normalized spacial score (nSPS) is 20.8. The molecule has 1 fully saturated rings. The summed E-state index contributed by atoms with van der Waals surface area (Å²) < 4.78 is 81.8. The van der Waals surface area contributed by atoms with Crippen LogP contribution >= 0.6 is 0 Å². The molecule has 0 radical (unpaired) electrons. The Labute approximate surface area is 159 Å². The van der Waals surface area contributed by atoms with Gasteiger partial charge in [0, 0.05) is 5.56 Å². The lowest BCUT2D eigenvalue weighted by molar-refractivity contribution is 0.382. The zero-order chi connectivity index (χ0) is 20.4. The number of halogens is 6. The maximum absolute atomic E-state index is 14.5. The van der Waals surface area contributed by atoms with Gasteiger partial charge in [0.25, 0.3) is 0 Å². The van der Waals surface area contributed by atoms with Crippen molar-refractivity contribution in [3.63, 3.8) is 0 Å². The first-order valence-electron chi connectivity index (χ1n) is 9.30. The van der Waals surface area contributed by atoms with Crippen molar-refractivity contribution < 1.29 is 26.3 Å². The van der Waals surface area contributed by atoms with E-state index in [0.29, 0.717) is 36.8 Å². The predicted octanol–water partition coefficient (Wildman–Crippen LogP) is 7.70. The number of allylic oxidation sites excluding steroid dienone is 1. The van der Waals surface area contributed by atoms with E-state index in [1.807, 2.05) is 0 Å². The summed E-state index contributed by atoms with van der Waals surface area (Å²) in [7, 11) is 0. The van der Waals surface area contributed by atoms with Crippen LogP contribution in [-0.2, 0) is 0 Å². The first-order valence-corrected chi connectivity index (χ1v) is 9.30. The molecule has 0 unspecified atom stereocenters. The molecule has 0 amide bonds. The smallest absolute Gasteiger partial charge is 0.194 e. The van der Waals surface area contributed by atoms with Gasteiger partial charge in [-0.1, -0.05) is 19.1 Å². The standard InChI is InChI=1S/C22H20F6/c1-2-17(23)21(27)14-7-8-16(18(24)9-14)13-5-3-12(4-6-13)15-10-19(25)22(28)20(26)11-15/h7-13H,2-6H2,1H3/b21-17+. The van der Waals surface area contributed by atoms with E-state index in [1.54, 1.807) is 0 Å². The van der Waals surface area contributed by atoms with E-state index in [0.717, 1.165) is 18.2 Å². The Morgan fingerprint density at radius 1 is 0.821 bits per heavy atom. The second-order valence-electron chi connectivity index (χ2n) is 7.16. The zero-order valence-electron chi connectivity index (χ0n) is 15.3. The summed E-state index contributed by atoms with van der Waals surface area (Å²) in [5.74, 6) is -6.75. The van der Waals surface area contributed by atoms with Gasteiger partial charge in [-0.05, 0) is 73.3 Å². The molecule has 28 heavy (non-hydrogen) atoms. The van der Waals surface area contributed by atoms with Gasteiger partial charge in [-0.15, -0.1) is 0 Å². The van der Waals surface area contributed by atoms with Crippen LogP contribution in [0.2, 0.25) is 0 Å². The van der Waals surface area contributed by atoms with Crippen molar-refractivity contribution in [3.05, 3.63) is 76.1 Å². The molecule has 0 bridgehead atoms. The molecule has 0 atom stereocenters. The summed E-state index contributed by atoms with van der Waals surface area (Å²) in [5.41, 5.74) is 0.683. The second-order valence-corrected chi connectivity index (χ2v) is 7.16. The number of benzene rings is 2. The Hall–Kier alpha value is -2.24. The van der Waals surface area contributed by atoms with Gasteiger partial charge >= 0.3 is 0 Å². The molecule has 2 aromatic carbocycles. The molecule has 0 spiro atoms. The fourth-order valence-corrected chi connectivity index (χ4v) is 3.86. The molecule has 0 nitrogen and oxygen atoms in total. The van der Waals surface area contributed by atoms with E-state index in [1.165, 1.54) is 19.1 Å². The highest BCUT2D eigenvalue weighted by Gasteiger charge is 2.27. The molecule has 1 aliphatic carbocycles. The molecule has 1 aliphatic rings. The Morgan fingerprint density at radius 2 is 1.39 bits per heavy atom. The van der Waals surface area contributed by atoms with E-state index in [4.69, 9.17) is 0 Å². The lowest BCUT2D eigenvalue weighted by Crippen LogP contribution is -2.14. The second kappa shape index (κ2) is 8.41. The lowest BCUT2D eigenvalue weighted by atomic mass is 9.76. The highest BCUT2D eigenvalue weighted by atomic mass is 19.2. The molecule has 2 aromatic rings. The van der Waals surface area contributed by atoms with Gasteiger partial charge in [-0.3, -0.25) is 0 Å². The van der Waals surface area contributed by atoms with Crippen LogP contribution in [0.4, 0.5) is 26.3 Å². The largest absolute Gasteiger partial charge is 0.209 e. The summed E-state index contributed by atoms with van der Waals surface area (Å²) in [5, 5.41) is 0. The number of rotatable bonds is 4. The van der Waals surface area contributed by atoms with Crippen molar-refractivity contribution in [1.82, 2.24) is 0 Å². The van der Waals surface area contributed by atoms with Crippen LogP contribution in [0.3, 0.4) is 0 Å². The summed E-state index contributed by atoms with van der Waals surface area (Å²) in [6.07, 6.45) is 2.17. The SMILES string of the molecule is CC/C(F)=C(\F)c1ccc(C2CCC(c3cc(F)c(F)c(F)c3)CC2)c(F)c1. The Bertz CT molecular complexity index is 871. The summed E-state index contributed by atoms with van der Waals surface area (Å²) >= 11 is 0. The van der Waals surface area contributed by atoms with Gasteiger partial charge < -0.3 is 0 Å². The molecule has 0 N–H and O–H groups in total. The first kappa shape index (κ1) is 20.5. The van der Waals surface area contributed by atoms with Crippen LogP contribution in [0.1, 0.15) is 67.6 Å². The predicted molar refractivity (Wildman–Crippen MR) is 96.1 cm³/mol. The van der Waals surface area contributed by atoms with Gasteiger partial charge in [0.05, 0.1) is 0 Å². The topological polar surface area (TPSA) is 0 Å². The van der Waals surface area contributed by atoms with Gasteiger partial charge in [0.15, 0.2) is 23.3 Å². The van der Waals surface area contributed by atoms with E-state index in [-0.39, 0.29) is 23.8 Å². The summed E-state index contributed by atoms with van der Waals surface area (Å²) in [6, 6.07) is 5.85. The van der Waals surface area contributed by atoms with E-state index in [9.17, 15) is 26.3 Å². The average molecular weight is 398 g/mol. The highest BCUT2D eigenvalue weighted by molar-refractivity contribution is 5.61. The minimum atomic E-state index is -1.49. The molecule has 0 aliphatic heterocycles. The summed E-state index contributed by atoms with van der Waals surface area (Å²) in [6.45, 7) is 1.47. The van der Waals surface area contributed by atoms with Crippen LogP contribution in [-0.4, -0.2) is 0 Å². The van der Waals surface area contributed by atoms with E-state index in [2.05, 4.69) is 0 Å². The molecule has 150 valence electrons. The molecular weight excluding hydrogens is 378 g/mol. The third-order valence-electron chi connectivity index (χ3n) is 5.45. The first-order chi connectivity index (χ1) is 13.3. The molecule has 1 saturated carbocycles. The van der Waals surface area contributed by atoms with Crippen LogP contribution in [0.5, 0.6) is 0 Å². The Kier molecular flexibility index (Phi) is 6.16. The van der Waals surface area contributed by atoms with Crippen LogP contribution in [0.15, 0.2) is 36.2 Å². The van der Waals surface area contributed by atoms with Crippen molar-refractivity contribution in [1.29, 1.82) is 0 Å². The average Bonchev–Trinajstić information content (AvgIpc) is 2.70. The third-order valence-corrected chi connectivity index (χ3v) is 5.45. The third kappa shape index (κ3) is 4.10. The molecule has 6 heteroatoms. The Balaban J connectivity index is 1.73. The molecule has 0 aromatic heterocycles. The lowest BCUT2D eigenvalue weighted by Gasteiger charge is -2.29. The van der Waals surface area contributed by atoms with Crippen LogP contribution in [0, 0.1) is 23.3 Å². The highest BCUT2D eigenvalue weighted by Crippen LogP contribution is 2.42. The maximum Gasteiger partial charge on any atom is 0.194 e. The van der Waals surface area contributed by atoms with Crippen LogP contribution < -0.4 is 0 Å². The van der Waals surface area contributed by atoms with E-state index < -0.39 is 34.9 Å². The number of hydrogen-bond acceptors (Lipinski definition) is 0. The van der Waals surface area contributed by atoms with Crippen molar-refractivity contribution >= 4 is 5.83 Å². The van der Waals surface area contributed by atoms with Crippen molar-refractivity contribution in [2.24, 2.45) is 0 Å². The molecular formula is C22H20F6. The minimum Gasteiger partial charge on any atom is -0.209 e. The fourth-order valence-electron chi connectivity index (χ4n) is 3.86. The van der Waals surface area contributed by atoms with Gasteiger partial charge in [-0.2, -0.15) is 0 Å². The Morgan fingerprint density at radius 3 is 1.93 bits per heavy atom. The molecule has 3 rings (SSSR count). The maximum atomic E-state index is 14.5. The quantitative estimate of drug-likeness (QED) is 0.366. The van der Waals surface area contributed by atoms with E-state index >= 15 is 0 Å². The monoisotopic (exact) mass is 398 g/mol. The summed E-state index contributed by atoms with van der Waals surface area (Å²) in [4.78, 5) is 0. The molecule has 0 saturated heterocycles. The van der Waals surface area contributed by atoms with Crippen molar-refractivity contribution in [2.45, 2.75) is 50.9 Å². The van der Waals surface area contributed by atoms with Gasteiger partial charge in [0.2, 0.25) is 0 Å². The zero-order valence-corrected chi connectivity index (χ0v) is 15.3. The molecule has 0 heterocycles. The minimum absolute atomic E-state index is 0.107. The number of hydrogen-bond donors (Lipinski definition) is 0. The van der Waals surface area contributed by atoms with Crippen molar-refractivity contribution in [3.8, 4) is 0 Å². The van der Waals surface area contributed by atoms with Gasteiger partial charge in [-0.25, -0.2) is 26.3 Å². The fraction of sp³-hybridized carbons (Fsp3) is 0.364. The van der Waals surface area contributed by atoms with Crippen molar-refractivity contribution in [2.75, 3.05) is 0 Å². The van der Waals surface area contributed by atoms with Crippen LogP contribution in [0.25, 0.3) is 5.83 Å². The van der Waals surface area contributed by atoms with Gasteiger partial charge in [0.1, 0.15) is 11.6 Å².